The zero-order valence-electron chi connectivity index (χ0n) is 10.2. The first-order chi connectivity index (χ1) is 9.07. The fraction of sp³-hybridized carbons (Fsp3) is 0.400. The first-order valence-electron chi connectivity index (χ1n) is 5.30. The fourth-order valence-corrected chi connectivity index (χ4v) is 2.60. The third-order valence-corrected chi connectivity index (χ3v) is 3.64. The monoisotopic (exact) mass is 313 g/mol. The lowest BCUT2D eigenvalue weighted by Crippen LogP contribution is -2.21. The van der Waals surface area contributed by atoms with Crippen LogP contribution in [0.15, 0.2) is 23.1 Å². The van der Waals surface area contributed by atoms with Crippen molar-refractivity contribution in [3.8, 4) is 0 Å². The molecule has 0 fully saturated rings. The molecule has 1 aromatic rings. The van der Waals surface area contributed by atoms with E-state index in [2.05, 4.69) is 4.18 Å². The van der Waals surface area contributed by atoms with E-state index in [1.165, 1.54) is 6.07 Å². The Morgan fingerprint density at radius 2 is 1.95 bits per heavy atom. The lowest BCUT2D eigenvalue weighted by Gasteiger charge is -2.11. The van der Waals surface area contributed by atoms with E-state index in [9.17, 15) is 31.7 Å². The van der Waals surface area contributed by atoms with Crippen molar-refractivity contribution in [3.63, 3.8) is 0 Å². The van der Waals surface area contributed by atoms with Gasteiger partial charge in [0.2, 0.25) is 0 Å². The number of non-ortho nitro benzene ring substituents is 1. The van der Waals surface area contributed by atoms with Gasteiger partial charge in [-0.15, -0.1) is 0 Å². The average molecular weight is 313 g/mol. The molecule has 0 aliphatic carbocycles. The molecule has 0 saturated heterocycles. The van der Waals surface area contributed by atoms with Gasteiger partial charge in [0.25, 0.3) is 15.8 Å². The van der Waals surface area contributed by atoms with Gasteiger partial charge in [-0.1, -0.05) is 13.0 Å². The highest BCUT2D eigenvalue weighted by atomic mass is 32.2. The molecule has 0 aliphatic rings. The van der Waals surface area contributed by atoms with Crippen LogP contribution in [0.5, 0.6) is 0 Å². The fourth-order valence-electron chi connectivity index (χ4n) is 1.39. The predicted molar refractivity (Wildman–Crippen MR) is 61.7 cm³/mol. The van der Waals surface area contributed by atoms with Gasteiger partial charge in [0, 0.05) is 12.1 Å². The van der Waals surface area contributed by atoms with Gasteiger partial charge in [-0.25, -0.2) is 0 Å². The second-order valence-electron chi connectivity index (χ2n) is 3.73. The van der Waals surface area contributed by atoms with E-state index in [4.69, 9.17) is 0 Å². The van der Waals surface area contributed by atoms with Crippen LogP contribution in [0.25, 0.3) is 0 Å². The summed E-state index contributed by atoms with van der Waals surface area (Å²) in [7, 11) is -4.72. The van der Waals surface area contributed by atoms with Crippen molar-refractivity contribution in [3.05, 3.63) is 33.9 Å². The van der Waals surface area contributed by atoms with E-state index in [1.54, 1.807) is 6.92 Å². The summed E-state index contributed by atoms with van der Waals surface area (Å²) in [5.41, 5.74) is -0.408. The highest BCUT2D eigenvalue weighted by Crippen LogP contribution is 2.26. The maximum Gasteiger partial charge on any atom is 0.413 e. The van der Waals surface area contributed by atoms with Gasteiger partial charge in [-0.3, -0.25) is 14.3 Å². The molecule has 0 atom stereocenters. The van der Waals surface area contributed by atoms with Crippen molar-refractivity contribution in [2.24, 2.45) is 0 Å². The molecular weight excluding hydrogens is 303 g/mol. The van der Waals surface area contributed by atoms with Crippen LogP contribution in [0.2, 0.25) is 0 Å². The second kappa shape index (κ2) is 5.75. The molecule has 20 heavy (non-hydrogen) atoms. The van der Waals surface area contributed by atoms with Gasteiger partial charge in [0.1, 0.15) is 4.90 Å². The number of alkyl halides is 3. The van der Waals surface area contributed by atoms with E-state index in [0.29, 0.717) is 6.07 Å². The minimum absolute atomic E-state index is 0.137. The Bertz CT molecular complexity index is 612. The molecule has 0 radical (unpaired) electrons. The van der Waals surface area contributed by atoms with Crippen LogP contribution in [-0.2, 0) is 20.7 Å². The summed E-state index contributed by atoms with van der Waals surface area (Å²) < 4.78 is 63.2. The first kappa shape index (κ1) is 16.4. The topological polar surface area (TPSA) is 86.5 Å². The summed E-state index contributed by atoms with van der Waals surface area (Å²) in [5, 5.41) is 10.6. The Kier molecular flexibility index (Phi) is 4.71. The van der Waals surface area contributed by atoms with Crippen LogP contribution in [0.1, 0.15) is 12.5 Å². The van der Waals surface area contributed by atoms with Gasteiger partial charge >= 0.3 is 6.18 Å². The van der Waals surface area contributed by atoms with Crippen LogP contribution in [0.4, 0.5) is 18.9 Å². The number of nitro groups is 1. The number of nitrogens with zero attached hydrogens (tertiary/aromatic N) is 1. The van der Waals surface area contributed by atoms with Gasteiger partial charge in [-0.2, -0.15) is 21.6 Å². The molecule has 1 rings (SSSR count). The van der Waals surface area contributed by atoms with Crippen LogP contribution in [0.3, 0.4) is 0 Å². The normalized spacial score (nSPS) is 12.4. The first-order valence-corrected chi connectivity index (χ1v) is 6.71. The highest BCUT2D eigenvalue weighted by molar-refractivity contribution is 7.86. The molecule has 0 aliphatic heterocycles. The Balaban J connectivity index is 3.21. The molecular formula is C10H10F3NO5S. The maximum atomic E-state index is 12.0. The number of hydrogen-bond acceptors (Lipinski definition) is 5. The number of rotatable bonds is 5. The van der Waals surface area contributed by atoms with E-state index >= 15 is 0 Å². The Labute approximate surface area is 112 Å². The number of benzene rings is 1. The Hall–Kier alpha value is -1.68. The largest absolute Gasteiger partial charge is 0.413 e. The molecule has 0 aromatic heterocycles. The SMILES string of the molecule is CCc1ccc([N+](=O)[O-])cc1S(=O)(=O)OCC(F)(F)F. The molecule has 6 nitrogen and oxygen atoms in total. The smallest absolute Gasteiger partial charge is 0.258 e. The zero-order valence-corrected chi connectivity index (χ0v) is 11.0. The van der Waals surface area contributed by atoms with Crippen molar-refractivity contribution in [1.29, 1.82) is 0 Å². The quantitative estimate of drug-likeness (QED) is 0.473. The van der Waals surface area contributed by atoms with Crippen molar-refractivity contribution in [2.45, 2.75) is 24.4 Å². The Morgan fingerprint density at radius 1 is 1.35 bits per heavy atom. The van der Waals surface area contributed by atoms with Crippen LogP contribution in [0, 0.1) is 10.1 Å². The zero-order chi connectivity index (χ0) is 15.6. The van der Waals surface area contributed by atoms with Gasteiger partial charge in [0.05, 0.1) is 4.92 Å². The average Bonchev–Trinajstić information content (AvgIpc) is 2.35. The van der Waals surface area contributed by atoms with Gasteiger partial charge in [0.15, 0.2) is 6.61 Å². The predicted octanol–water partition coefficient (Wildman–Crippen LogP) is 2.42. The summed E-state index contributed by atoms with van der Waals surface area (Å²) in [6.45, 7) is -0.425. The molecule has 0 unspecified atom stereocenters. The maximum absolute atomic E-state index is 12.0. The second-order valence-corrected chi connectivity index (χ2v) is 5.32. The molecule has 0 spiro atoms. The highest BCUT2D eigenvalue weighted by Gasteiger charge is 2.32. The third-order valence-electron chi connectivity index (χ3n) is 2.29. The number of halogens is 3. The number of nitro benzene ring substituents is 1. The van der Waals surface area contributed by atoms with Crippen LogP contribution in [-0.4, -0.2) is 26.1 Å². The van der Waals surface area contributed by atoms with Crippen molar-refractivity contribution < 1.29 is 30.7 Å². The van der Waals surface area contributed by atoms with Crippen molar-refractivity contribution >= 4 is 15.8 Å². The number of aryl methyl sites for hydroxylation is 1. The molecule has 0 heterocycles. The molecule has 1 aromatic carbocycles. The van der Waals surface area contributed by atoms with Gasteiger partial charge in [-0.05, 0) is 12.0 Å². The lowest BCUT2D eigenvalue weighted by molar-refractivity contribution is -0.385. The summed E-state index contributed by atoms with van der Waals surface area (Å²) in [6, 6.07) is 2.92. The van der Waals surface area contributed by atoms with E-state index < -0.39 is 38.4 Å². The molecule has 0 bridgehead atoms. The summed E-state index contributed by atoms with van der Waals surface area (Å²) >= 11 is 0. The minimum Gasteiger partial charge on any atom is -0.258 e. The van der Waals surface area contributed by atoms with Crippen LogP contribution >= 0.6 is 0 Å². The third kappa shape index (κ3) is 4.17. The molecule has 0 amide bonds. The van der Waals surface area contributed by atoms with Crippen molar-refractivity contribution in [1.82, 2.24) is 0 Å². The van der Waals surface area contributed by atoms with Crippen molar-refractivity contribution in [2.75, 3.05) is 6.61 Å². The summed E-state index contributed by atoms with van der Waals surface area (Å²) in [5.74, 6) is 0. The molecule has 0 saturated carbocycles. The molecule has 112 valence electrons. The van der Waals surface area contributed by atoms with Gasteiger partial charge < -0.3 is 0 Å². The molecule has 10 heteroatoms. The standard InChI is InChI=1S/C10H10F3NO5S/c1-2-7-3-4-8(14(15)16)5-9(7)20(17,18)19-6-10(11,12)13/h3-5H,2,6H2,1H3. The number of hydrogen-bond donors (Lipinski definition) is 0. The van der Waals surface area contributed by atoms with E-state index in [-0.39, 0.29) is 12.0 Å². The van der Waals surface area contributed by atoms with E-state index in [1.807, 2.05) is 0 Å². The summed E-state index contributed by atoms with van der Waals surface area (Å²) in [6.07, 6.45) is -4.65. The van der Waals surface area contributed by atoms with E-state index in [0.717, 1.165) is 6.07 Å². The Morgan fingerprint density at radius 3 is 2.40 bits per heavy atom. The minimum atomic E-state index is -4.82. The summed E-state index contributed by atoms with van der Waals surface area (Å²) in [4.78, 5) is 9.12. The van der Waals surface area contributed by atoms with Crippen LogP contribution < -0.4 is 0 Å². The molecule has 0 N–H and O–H groups in total. The lowest BCUT2D eigenvalue weighted by atomic mass is 10.1.